The highest BCUT2D eigenvalue weighted by Gasteiger charge is 2.13. The predicted octanol–water partition coefficient (Wildman–Crippen LogP) is 5.84. The summed E-state index contributed by atoms with van der Waals surface area (Å²) in [4.78, 5) is 0. The minimum atomic E-state index is -0.397. The summed E-state index contributed by atoms with van der Waals surface area (Å²) in [7, 11) is 0. The summed E-state index contributed by atoms with van der Waals surface area (Å²) in [5.74, 6) is 2.22. The van der Waals surface area contributed by atoms with E-state index >= 15 is 0 Å². The lowest BCUT2D eigenvalue weighted by atomic mass is 10.2. The van der Waals surface area contributed by atoms with Crippen molar-refractivity contribution in [2.24, 2.45) is 0 Å². The van der Waals surface area contributed by atoms with Crippen LogP contribution in [0.25, 0.3) is 0 Å². The van der Waals surface area contributed by atoms with Crippen LogP contribution in [0.2, 0.25) is 5.02 Å². The molecule has 0 aromatic heterocycles. The number of halogens is 2. The van der Waals surface area contributed by atoms with Gasteiger partial charge in [-0.2, -0.15) is 0 Å². The van der Waals surface area contributed by atoms with E-state index < -0.39 is 5.82 Å². The van der Waals surface area contributed by atoms with Gasteiger partial charge in [-0.25, -0.2) is 4.39 Å². The van der Waals surface area contributed by atoms with E-state index in [1.165, 1.54) is 6.07 Å². The summed E-state index contributed by atoms with van der Waals surface area (Å²) >= 11 is 6.09. The lowest BCUT2D eigenvalue weighted by molar-refractivity contribution is 0.171. The van der Waals surface area contributed by atoms with Crippen LogP contribution >= 0.6 is 11.6 Å². The second-order valence-electron chi connectivity index (χ2n) is 6.91. The van der Waals surface area contributed by atoms with Crippen molar-refractivity contribution in [2.75, 3.05) is 25.1 Å². The van der Waals surface area contributed by atoms with E-state index in [4.69, 9.17) is 30.5 Å². The molecule has 0 atom stereocenters. The van der Waals surface area contributed by atoms with Gasteiger partial charge in [-0.15, -0.1) is 0 Å². The van der Waals surface area contributed by atoms with Crippen molar-refractivity contribution in [2.45, 2.75) is 20.1 Å². The van der Waals surface area contributed by atoms with Crippen LogP contribution in [0.4, 0.5) is 10.1 Å². The average Bonchev–Trinajstić information content (AvgIpc) is 2.78. The average molecular weight is 444 g/mol. The molecule has 7 heteroatoms. The zero-order valence-electron chi connectivity index (χ0n) is 17.1. The highest BCUT2D eigenvalue weighted by molar-refractivity contribution is 6.31. The normalized spacial score (nSPS) is 12.4. The Balaban J connectivity index is 1.44. The first kappa shape index (κ1) is 21.1. The third-order valence-corrected chi connectivity index (χ3v) is 5.13. The van der Waals surface area contributed by atoms with Gasteiger partial charge in [0.05, 0.1) is 11.6 Å². The maximum absolute atomic E-state index is 14.0. The molecule has 3 aromatic carbocycles. The van der Waals surface area contributed by atoms with E-state index in [1.807, 2.05) is 43.3 Å². The van der Waals surface area contributed by atoms with Gasteiger partial charge in [0.25, 0.3) is 0 Å². The lowest BCUT2D eigenvalue weighted by Crippen LogP contribution is -2.15. The second kappa shape index (κ2) is 9.79. The Morgan fingerprint density at radius 1 is 0.968 bits per heavy atom. The first-order valence-electron chi connectivity index (χ1n) is 10.1. The molecule has 0 saturated heterocycles. The van der Waals surface area contributed by atoms with E-state index in [9.17, 15) is 4.39 Å². The summed E-state index contributed by atoms with van der Waals surface area (Å²) in [6.45, 7) is 4.10. The molecule has 5 nitrogen and oxygen atoms in total. The number of benzene rings is 3. The molecule has 0 fully saturated rings. The van der Waals surface area contributed by atoms with Crippen molar-refractivity contribution in [3.8, 4) is 23.0 Å². The lowest BCUT2D eigenvalue weighted by Gasteiger charge is -2.19. The molecule has 4 rings (SSSR count). The fraction of sp³-hybridized carbons (Fsp3) is 0.250. The van der Waals surface area contributed by atoms with Gasteiger partial charge in [0.15, 0.2) is 23.0 Å². The van der Waals surface area contributed by atoms with E-state index in [2.05, 4.69) is 5.32 Å². The minimum absolute atomic E-state index is 0.0143. The van der Waals surface area contributed by atoms with E-state index in [0.717, 1.165) is 22.7 Å². The van der Waals surface area contributed by atoms with Gasteiger partial charge in [-0.3, -0.25) is 0 Å². The number of ether oxygens (including phenoxy) is 4. The smallest absolute Gasteiger partial charge is 0.163 e. The van der Waals surface area contributed by atoms with Gasteiger partial charge >= 0.3 is 0 Å². The van der Waals surface area contributed by atoms with Gasteiger partial charge in [0.1, 0.15) is 25.6 Å². The summed E-state index contributed by atoms with van der Waals surface area (Å²) in [6, 6.07) is 16.0. The fourth-order valence-electron chi connectivity index (χ4n) is 3.23. The van der Waals surface area contributed by atoms with Gasteiger partial charge in [0.2, 0.25) is 0 Å². The Morgan fingerprint density at radius 3 is 2.61 bits per heavy atom. The highest BCUT2D eigenvalue weighted by Crippen LogP contribution is 2.34. The predicted molar refractivity (Wildman–Crippen MR) is 118 cm³/mol. The van der Waals surface area contributed by atoms with Crippen LogP contribution in [0.5, 0.6) is 23.0 Å². The van der Waals surface area contributed by atoms with Crippen LogP contribution in [0, 0.1) is 5.82 Å². The van der Waals surface area contributed by atoms with Crippen LogP contribution in [0.15, 0.2) is 54.6 Å². The fourth-order valence-corrected chi connectivity index (χ4v) is 3.45. The summed E-state index contributed by atoms with van der Waals surface area (Å²) < 4.78 is 36.7. The highest BCUT2D eigenvalue weighted by atomic mass is 35.5. The second-order valence-corrected chi connectivity index (χ2v) is 7.32. The third kappa shape index (κ3) is 5.14. The number of nitrogens with one attached hydrogen (secondary N) is 1. The van der Waals surface area contributed by atoms with Crippen molar-refractivity contribution in [3.63, 3.8) is 0 Å². The molecular weight excluding hydrogens is 421 g/mol. The van der Waals surface area contributed by atoms with Crippen molar-refractivity contribution in [1.82, 2.24) is 0 Å². The molecule has 3 aromatic rings. The molecule has 1 aliphatic heterocycles. The molecule has 0 saturated carbocycles. The Morgan fingerprint density at radius 2 is 1.81 bits per heavy atom. The van der Waals surface area contributed by atoms with Crippen LogP contribution in [0.3, 0.4) is 0 Å². The SMILES string of the molecule is CCOc1cc(CNc2ccc3c(c2)OCCO3)ccc1OCc1c(F)cccc1Cl. The van der Waals surface area contributed by atoms with E-state index in [-0.39, 0.29) is 6.61 Å². The van der Waals surface area contributed by atoms with Crippen LogP contribution in [-0.4, -0.2) is 19.8 Å². The number of rotatable bonds is 8. The summed E-state index contributed by atoms with van der Waals surface area (Å²) in [5, 5.41) is 3.71. The summed E-state index contributed by atoms with van der Waals surface area (Å²) in [5.41, 5.74) is 2.25. The zero-order chi connectivity index (χ0) is 21.6. The van der Waals surface area contributed by atoms with Gasteiger partial charge in [-0.1, -0.05) is 23.7 Å². The third-order valence-electron chi connectivity index (χ3n) is 4.78. The van der Waals surface area contributed by atoms with Crippen LogP contribution < -0.4 is 24.3 Å². The van der Waals surface area contributed by atoms with E-state index in [1.54, 1.807) is 12.1 Å². The molecule has 0 unspecified atom stereocenters. The standard InChI is InChI=1S/C24H23ClFNO4/c1-2-28-23-12-16(14-27-17-7-9-21-24(13-17)30-11-10-29-21)6-8-22(23)31-15-18-19(25)4-3-5-20(18)26/h3-9,12-13,27H,2,10-11,14-15H2,1H3. The molecule has 1 N–H and O–H groups in total. The molecule has 0 aliphatic carbocycles. The monoisotopic (exact) mass is 443 g/mol. The Labute approximate surface area is 185 Å². The molecule has 1 aliphatic rings. The zero-order valence-corrected chi connectivity index (χ0v) is 17.9. The number of anilines is 1. The molecule has 0 bridgehead atoms. The van der Waals surface area contributed by atoms with Crippen LogP contribution in [0.1, 0.15) is 18.1 Å². The van der Waals surface area contributed by atoms with Crippen LogP contribution in [-0.2, 0) is 13.2 Å². The maximum atomic E-state index is 14.0. The number of hydrogen-bond donors (Lipinski definition) is 1. The summed E-state index contributed by atoms with van der Waals surface area (Å²) in [6.07, 6.45) is 0. The molecule has 162 valence electrons. The Kier molecular flexibility index (Phi) is 6.67. The topological polar surface area (TPSA) is 49.0 Å². The van der Waals surface area contributed by atoms with Gasteiger partial charge < -0.3 is 24.3 Å². The molecule has 0 spiro atoms. The van der Waals surface area contributed by atoms with Crippen molar-refractivity contribution < 1.29 is 23.3 Å². The Bertz CT molecular complexity index is 1040. The number of fused-ring (bicyclic) bond motifs is 1. The maximum Gasteiger partial charge on any atom is 0.163 e. The van der Waals surface area contributed by atoms with Gasteiger partial charge in [0, 0.05) is 23.9 Å². The molecular formula is C24H23ClFNO4. The molecule has 0 radical (unpaired) electrons. The molecule has 0 amide bonds. The molecule has 1 heterocycles. The largest absolute Gasteiger partial charge is 0.490 e. The number of hydrogen-bond acceptors (Lipinski definition) is 5. The van der Waals surface area contributed by atoms with Crippen molar-refractivity contribution in [3.05, 3.63) is 76.6 Å². The van der Waals surface area contributed by atoms with Crippen molar-refractivity contribution in [1.29, 1.82) is 0 Å². The Hall–Kier alpha value is -3.12. The van der Waals surface area contributed by atoms with Crippen molar-refractivity contribution >= 4 is 17.3 Å². The first-order chi connectivity index (χ1) is 15.1. The van der Waals surface area contributed by atoms with E-state index in [0.29, 0.717) is 48.5 Å². The quantitative estimate of drug-likeness (QED) is 0.474. The minimum Gasteiger partial charge on any atom is -0.490 e. The van der Waals surface area contributed by atoms with Gasteiger partial charge in [-0.05, 0) is 48.9 Å². The first-order valence-corrected chi connectivity index (χ1v) is 10.5. The molecule has 31 heavy (non-hydrogen) atoms.